The SMILES string of the molecule is CCc1ccc(C(Br)c2cccc(C)c2Br)cc1. The van der Waals surface area contributed by atoms with Gasteiger partial charge in [-0.2, -0.15) is 0 Å². The second-order valence-corrected chi connectivity index (χ2v) is 6.14. The van der Waals surface area contributed by atoms with E-state index in [1.165, 1.54) is 26.7 Å². The van der Waals surface area contributed by atoms with Gasteiger partial charge >= 0.3 is 0 Å². The number of hydrogen-bond donors (Lipinski definition) is 0. The fourth-order valence-corrected chi connectivity index (χ4v) is 3.45. The van der Waals surface area contributed by atoms with Gasteiger partial charge in [-0.05, 0) is 35.6 Å². The third kappa shape index (κ3) is 2.86. The lowest BCUT2D eigenvalue weighted by Gasteiger charge is -2.14. The van der Waals surface area contributed by atoms with Crippen LogP contribution in [0.3, 0.4) is 0 Å². The summed E-state index contributed by atoms with van der Waals surface area (Å²) in [4.78, 5) is 0.234. The first kappa shape index (κ1) is 13.8. The van der Waals surface area contributed by atoms with E-state index >= 15 is 0 Å². The van der Waals surface area contributed by atoms with Crippen molar-refractivity contribution in [3.05, 3.63) is 69.2 Å². The number of halogens is 2. The van der Waals surface area contributed by atoms with Gasteiger partial charge in [0.05, 0.1) is 4.83 Å². The largest absolute Gasteiger partial charge is 0.0786 e. The molecule has 0 N–H and O–H groups in total. The summed E-state index contributed by atoms with van der Waals surface area (Å²) in [7, 11) is 0. The molecule has 0 saturated heterocycles. The number of alkyl halides is 1. The Kier molecular flexibility index (Phi) is 4.63. The molecule has 0 nitrogen and oxygen atoms in total. The van der Waals surface area contributed by atoms with Gasteiger partial charge in [-0.1, -0.05) is 81.2 Å². The van der Waals surface area contributed by atoms with Crippen molar-refractivity contribution < 1.29 is 0 Å². The lowest BCUT2D eigenvalue weighted by molar-refractivity contribution is 1.11. The summed E-state index contributed by atoms with van der Waals surface area (Å²) in [6, 6.07) is 15.2. The summed E-state index contributed by atoms with van der Waals surface area (Å²) in [5.74, 6) is 0. The lowest BCUT2D eigenvalue weighted by Crippen LogP contribution is -1.95. The fourth-order valence-electron chi connectivity index (χ4n) is 1.97. The monoisotopic (exact) mass is 366 g/mol. The van der Waals surface area contributed by atoms with Crippen molar-refractivity contribution in [3.63, 3.8) is 0 Å². The predicted molar refractivity (Wildman–Crippen MR) is 85.5 cm³/mol. The van der Waals surface area contributed by atoms with E-state index in [9.17, 15) is 0 Å². The molecule has 0 bridgehead atoms. The Bertz CT molecular complexity index is 529. The molecule has 0 aliphatic rings. The highest BCUT2D eigenvalue weighted by Crippen LogP contribution is 2.36. The standard InChI is InChI=1S/C16H16Br2/c1-3-12-7-9-13(10-8-12)16(18)14-6-4-5-11(2)15(14)17/h4-10,16H,3H2,1-2H3. The Hall–Kier alpha value is -0.600. The Morgan fingerprint density at radius 2 is 1.72 bits per heavy atom. The van der Waals surface area contributed by atoms with Crippen molar-refractivity contribution in [2.45, 2.75) is 25.1 Å². The van der Waals surface area contributed by atoms with Gasteiger partial charge < -0.3 is 0 Å². The molecule has 18 heavy (non-hydrogen) atoms. The topological polar surface area (TPSA) is 0 Å². The van der Waals surface area contributed by atoms with Gasteiger partial charge in [0.1, 0.15) is 0 Å². The van der Waals surface area contributed by atoms with Crippen LogP contribution < -0.4 is 0 Å². The molecule has 0 aliphatic heterocycles. The van der Waals surface area contributed by atoms with Gasteiger partial charge in [-0.3, -0.25) is 0 Å². The van der Waals surface area contributed by atoms with Crippen LogP contribution in [0.25, 0.3) is 0 Å². The summed E-state index contributed by atoms with van der Waals surface area (Å²) in [5, 5.41) is 0. The van der Waals surface area contributed by atoms with Crippen molar-refractivity contribution in [2.24, 2.45) is 0 Å². The van der Waals surface area contributed by atoms with Gasteiger partial charge in [0.2, 0.25) is 0 Å². The van der Waals surface area contributed by atoms with Crippen molar-refractivity contribution in [2.75, 3.05) is 0 Å². The Labute approximate surface area is 126 Å². The van der Waals surface area contributed by atoms with Crippen LogP contribution in [0.5, 0.6) is 0 Å². The van der Waals surface area contributed by atoms with Gasteiger partial charge in [-0.15, -0.1) is 0 Å². The third-order valence-electron chi connectivity index (χ3n) is 3.18. The van der Waals surface area contributed by atoms with Crippen molar-refractivity contribution in [1.82, 2.24) is 0 Å². The van der Waals surface area contributed by atoms with Gasteiger partial charge in [0, 0.05) is 4.47 Å². The average molecular weight is 368 g/mol. The van der Waals surface area contributed by atoms with E-state index in [0.29, 0.717) is 0 Å². The van der Waals surface area contributed by atoms with Crippen LogP contribution in [0.2, 0.25) is 0 Å². The molecule has 0 fully saturated rings. The quantitative estimate of drug-likeness (QED) is 0.601. The van der Waals surface area contributed by atoms with E-state index in [4.69, 9.17) is 0 Å². The average Bonchev–Trinajstić information content (AvgIpc) is 2.41. The highest BCUT2D eigenvalue weighted by Gasteiger charge is 2.14. The normalized spacial score (nSPS) is 12.4. The van der Waals surface area contributed by atoms with E-state index in [0.717, 1.165) is 6.42 Å². The highest BCUT2D eigenvalue weighted by molar-refractivity contribution is 9.11. The number of hydrogen-bond acceptors (Lipinski definition) is 0. The Balaban J connectivity index is 2.35. The second-order valence-electron chi connectivity index (χ2n) is 4.44. The first-order valence-electron chi connectivity index (χ1n) is 6.11. The summed E-state index contributed by atoms with van der Waals surface area (Å²) in [6.07, 6.45) is 1.08. The van der Waals surface area contributed by atoms with Crippen LogP contribution in [0.1, 0.15) is 34.0 Å². The van der Waals surface area contributed by atoms with E-state index < -0.39 is 0 Å². The van der Waals surface area contributed by atoms with Crippen LogP contribution in [0.4, 0.5) is 0 Å². The first-order chi connectivity index (χ1) is 8.63. The van der Waals surface area contributed by atoms with Crippen LogP contribution >= 0.6 is 31.9 Å². The van der Waals surface area contributed by atoms with Gasteiger partial charge in [0.15, 0.2) is 0 Å². The minimum atomic E-state index is 0.234. The van der Waals surface area contributed by atoms with E-state index in [2.05, 4.69) is 88.2 Å². The van der Waals surface area contributed by atoms with Crippen molar-refractivity contribution >= 4 is 31.9 Å². The molecule has 0 spiro atoms. The minimum absolute atomic E-state index is 0.234. The zero-order valence-corrected chi connectivity index (χ0v) is 13.8. The van der Waals surface area contributed by atoms with Crippen molar-refractivity contribution in [3.8, 4) is 0 Å². The van der Waals surface area contributed by atoms with E-state index in [-0.39, 0.29) is 4.83 Å². The Morgan fingerprint density at radius 1 is 1.06 bits per heavy atom. The number of aryl methyl sites for hydroxylation is 2. The maximum Gasteiger partial charge on any atom is 0.0655 e. The zero-order chi connectivity index (χ0) is 13.1. The van der Waals surface area contributed by atoms with Crippen LogP contribution in [0.15, 0.2) is 46.9 Å². The van der Waals surface area contributed by atoms with Crippen LogP contribution in [-0.2, 0) is 6.42 Å². The van der Waals surface area contributed by atoms with Crippen LogP contribution in [-0.4, -0.2) is 0 Å². The Morgan fingerprint density at radius 3 is 2.33 bits per heavy atom. The van der Waals surface area contributed by atoms with E-state index in [1.54, 1.807) is 0 Å². The fraction of sp³-hybridized carbons (Fsp3) is 0.250. The molecular weight excluding hydrogens is 352 g/mol. The summed E-state index contributed by atoms with van der Waals surface area (Å²) >= 11 is 7.47. The number of rotatable bonds is 3. The molecule has 0 aromatic heterocycles. The van der Waals surface area contributed by atoms with Gasteiger partial charge in [0.25, 0.3) is 0 Å². The molecule has 2 aromatic carbocycles. The maximum absolute atomic E-state index is 3.80. The molecule has 2 heteroatoms. The van der Waals surface area contributed by atoms with E-state index in [1.807, 2.05) is 0 Å². The second kappa shape index (κ2) is 6.03. The zero-order valence-electron chi connectivity index (χ0n) is 10.6. The molecule has 2 aromatic rings. The molecule has 94 valence electrons. The molecule has 0 heterocycles. The molecule has 0 amide bonds. The number of benzene rings is 2. The summed E-state index contributed by atoms with van der Waals surface area (Å²) < 4.78 is 1.19. The van der Waals surface area contributed by atoms with Gasteiger partial charge in [-0.25, -0.2) is 0 Å². The maximum atomic E-state index is 3.80. The van der Waals surface area contributed by atoms with Crippen LogP contribution in [0, 0.1) is 6.92 Å². The molecule has 0 aliphatic carbocycles. The molecule has 1 unspecified atom stereocenters. The predicted octanol–water partition coefficient (Wildman–Crippen LogP) is 5.80. The molecule has 2 rings (SSSR count). The smallest absolute Gasteiger partial charge is 0.0655 e. The molecular formula is C16H16Br2. The first-order valence-corrected chi connectivity index (χ1v) is 7.82. The minimum Gasteiger partial charge on any atom is -0.0786 e. The molecule has 0 radical (unpaired) electrons. The van der Waals surface area contributed by atoms with Crippen molar-refractivity contribution in [1.29, 1.82) is 0 Å². The lowest BCUT2D eigenvalue weighted by atomic mass is 10.0. The molecule has 1 atom stereocenters. The third-order valence-corrected chi connectivity index (χ3v) is 5.28. The summed E-state index contributed by atoms with van der Waals surface area (Å²) in [6.45, 7) is 4.30. The summed E-state index contributed by atoms with van der Waals surface area (Å²) in [5.41, 5.74) is 5.21. The molecule has 0 saturated carbocycles. The highest BCUT2D eigenvalue weighted by atomic mass is 79.9.